The molecule has 0 atom stereocenters. The molecule has 1 saturated heterocycles. The Labute approximate surface area is 172 Å². The van der Waals surface area contributed by atoms with Gasteiger partial charge in [0.15, 0.2) is 5.69 Å². The van der Waals surface area contributed by atoms with Crippen LogP contribution < -0.4 is 0 Å². The van der Waals surface area contributed by atoms with Crippen molar-refractivity contribution in [2.24, 2.45) is 0 Å². The molecule has 0 saturated carbocycles. The number of aromatic amines is 1. The van der Waals surface area contributed by atoms with E-state index in [0.29, 0.717) is 31.9 Å². The number of hydrogen-bond donors (Lipinski definition) is 1. The van der Waals surface area contributed by atoms with Crippen LogP contribution >= 0.6 is 11.3 Å². The Kier molecular flexibility index (Phi) is 4.67. The standard InChI is InChI=1S/C20H22N6O2S/c27-19(14-13-21-26-6-2-1-4-17(14)26)24-7-9-25(10-8-24)20(28)16-12-15(22-23-16)18-5-3-11-29-18/h3,5,11-13H,1-2,4,6-10H2,(H,22,23). The van der Waals surface area contributed by atoms with E-state index in [9.17, 15) is 9.59 Å². The van der Waals surface area contributed by atoms with Crippen molar-refractivity contribution < 1.29 is 9.59 Å². The van der Waals surface area contributed by atoms with Crippen LogP contribution in [0.2, 0.25) is 0 Å². The lowest BCUT2D eigenvalue weighted by atomic mass is 10.1. The highest BCUT2D eigenvalue weighted by Gasteiger charge is 2.29. The largest absolute Gasteiger partial charge is 0.335 e. The van der Waals surface area contributed by atoms with Gasteiger partial charge in [0.1, 0.15) is 0 Å². The third-order valence-electron chi connectivity index (χ3n) is 5.65. The van der Waals surface area contributed by atoms with E-state index in [1.54, 1.807) is 28.5 Å². The number of thiophene rings is 1. The van der Waals surface area contributed by atoms with Crippen LogP contribution in [0.5, 0.6) is 0 Å². The molecule has 150 valence electrons. The lowest BCUT2D eigenvalue weighted by molar-refractivity contribution is 0.0531. The minimum Gasteiger partial charge on any atom is -0.335 e. The number of carbonyl (C=O) groups excluding carboxylic acids is 2. The molecule has 3 aromatic rings. The predicted octanol–water partition coefficient (Wildman–Crippen LogP) is 2.27. The van der Waals surface area contributed by atoms with Gasteiger partial charge in [0.25, 0.3) is 11.8 Å². The van der Waals surface area contributed by atoms with Crippen molar-refractivity contribution in [2.45, 2.75) is 25.8 Å². The number of hydrogen-bond acceptors (Lipinski definition) is 5. The summed E-state index contributed by atoms with van der Waals surface area (Å²) < 4.78 is 1.96. The van der Waals surface area contributed by atoms with Gasteiger partial charge in [-0.1, -0.05) is 6.07 Å². The van der Waals surface area contributed by atoms with E-state index >= 15 is 0 Å². The summed E-state index contributed by atoms with van der Waals surface area (Å²) in [5, 5.41) is 13.5. The number of nitrogens with zero attached hydrogens (tertiary/aromatic N) is 5. The van der Waals surface area contributed by atoms with Crippen LogP contribution in [0.4, 0.5) is 0 Å². The molecule has 5 heterocycles. The molecule has 2 aliphatic rings. The second-order valence-electron chi connectivity index (χ2n) is 7.41. The van der Waals surface area contributed by atoms with E-state index < -0.39 is 0 Å². The van der Waals surface area contributed by atoms with E-state index in [-0.39, 0.29) is 11.8 Å². The van der Waals surface area contributed by atoms with Crippen LogP contribution in [0.3, 0.4) is 0 Å². The highest BCUT2D eigenvalue weighted by molar-refractivity contribution is 7.13. The molecule has 0 bridgehead atoms. The minimum atomic E-state index is -0.0981. The number of amides is 2. The number of carbonyl (C=O) groups is 2. The second-order valence-corrected chi connectivity index (χ2v) is 8.36. The molecule has 0 unspecified atom stereocenters. The monoisotopic (exact) mass is 410 g/mol. The number of H-pyrrole nitrogens is 1. The first kappa shape index (κ1) is 18.1. The fourth-order valence-corrected chi connectivity index (χ4v) is 4.73. The van der Waals surface area contributed by atoms with Crippen LogP contribution in [0.1, 0.15) is 39.4 Å². The smallest absolute Gasteiger partial charge is 0.274 e. The molecule has 0 aromatic carbocycles. The first-order valence-corrected chi connectivity index (χ1v) is 10.8. The third kappa shape index (κ3) is 3.35. The molecule has 29 heavy (non-hydrogen) atoms. The molecule has 3 aromatic heterocycles. The second kappa shape index (κ2) is 7.47. The van der Waals surface area contributed by atoms with Crippen molar-refractivity contribution in [2.75, 3.05) is 26.2 Å². The van der Waals surface area contributed by atoms with Crippen LogP contribution in [0.25, 0.3) is 10.6 Å². The zero-order chi connectivity index (χ0) is 19.8. The number of aromatic nitrogens is 4. The Bertz CT molecular complexity index is 1030. The molecule has 0 radical (unpaired) electrons. The highest BCUT2D eigenvalue weighted by atomic mass is 32.1. The quantitative estimate of drug-likeness (QED) is 0.718. The van der Waals surface area contributed by atoms with E-state index in [0.717, 1.165) is 47.6 Å². The fraction of sp³-hybridized carbons (Fsp3) is 0.400. The van der Waals surface area contributed by atoms with Crippen molar-refractivity contribution in [1.82, 2.24) is 29.8 Å². The Morgan fingerprint density at radius 1 is 1.03 bits per heavy atom. The van der Waals surface area contributed by atoms with E-state index in [1.807, 2.05) is 27.1 Å². The van der Waals surface area contributed by atoms with Gasteiger partial charge < -0.3 is 9.80 Å². The van der Waals surface area contributed by atoms with Gasteiger partial charge in [0.05, 0.1) is 28.0 Å². The van der Waals surface area contributed by atoms with Crippen LogP contribution in [-0.4, -0.2) is 67.8 Å². The van der Waals surface area contributed by atoms with Crippen molar-refractivity contribution >= 4 is 23.2 Å². The van der Waals surface area contributed by atoms with Gasteiger partial charge in [-0.2, -0.15) is 10.2 Å². The van der Waals surface area contributed by atoms with Gasteiger partial charge in [0.2, 0.25) is 0 Å². The molecule has 2 aliphatic heterocycles. The molecule has 1 fully saturated rings. The zero-order valence-corrected chi connectivity index (χ0v) is 16.8. The predicted molar refractivity (Wildman–Crippen MR) is 109 cm³/mol. The fourth-order valence-electron chi connectivity index (χ4n) is 4.03. The maximum absolute atomic E-state index is 13.0. The van der Waals surface area contributed by atoms with Crippen molar-refractivity contribution in [3.8, 4) is 10.6 Å². The number of aryl methyl sites for hydroxylation is 1. The summed E-state index contributed by atoms with van der Waals surface area (Å²) in [5.41, 5.74) is 3.04. The first-order chi connectivity index (χ1) is 14.2. The lowest BCUT2D eigenvalue weighted by Gasteiger charge is -2.34. The van der Waals surface area contributed by atoms with Crippen molar-refractivity contribution in [1.29, 1.82) is 0 Å². The molecule has 8 nitrogen and oxygen atoms in total. The van der Waals surface area contributed by atoms with Gasteiger partial charge in [0, 0.05) is 32.7 Å². The summed E-state index contributed by atoms with van der Waals surface area (Å²) in [7, 11) is 0. The summed E-state index contributed by atoms with van der Waals surface area (Å²) in [5.74, 6) is -0.0703. The highest BCUT2D eigenvalue weighted by Crippen LogP contribution is 2.24. The number of fused-ring (bicyclic) bond motifs is 1. The van der Waals surface area contributed by atoms with Crippen molar-refractivity contribution in [3.05, 3.63) is 46.7 Å². The van der Waals surface area contributed by atoms with Crippen molar-refractivity contribution in [3.63, 3.8) is 0 Å². The average Bonchev–Trinajstić information content (AvgIpc) is 3.53. The summed E-state index contributed by atoms with van der Waals surface area (Å²) >= 11 is 1.60. The minimum absolute atomic E-state index is 0.0278. The normalized spacial score (nSPS) is 16.7. The lowest BCUT2D eigenvalue weighted by Crippen LogP contribution is -2.50. The van der Waals surface area contributed by atoms with Crippen LogP contribution in [0, 0.1) is 0 Å². The summed E-state index contributed by atoms with van der Waals surface area (Å²) in [4.78, 5) is 30.4. The number of nitrogens with one attached hydrogen (secondary N) is 1. The Morgan fingerprint density at radius 3 is 2.59 bits per heavy atom. The molecular weight excluding hydrogens is 388 g/mol. The van der Waals surface area contributed by atoms with E-state index in [2.05, 4.69) is 15.3 Å². The van der Waals surface area contributed by atoms with Gasteiger partial charge >= 0.3 is 0 Å². The molecule has 5 rings (SSSR count). The molecule has 0 aliphatic carbocycles. The summed E-state index contributed by atoms with van der Waals surface area (Å²) in [6.45, 7) is 2.96. The topological polar surface area (TPSA) is 87.1 Å². The van der Waals surface area contributed by atoms with Crippen LogP contribution in [0.15, 0.2) is 29.8 Å². The Balaban J connectivity index is 1.23. The van der Waals surface area contributed by atoms with E-state index in [4.69, 9.17) is 0 Å². The zero-order valence-electron chi connectivity index (χ0n) is 16.0. The Morgan fingerprint density at radius 2 is 1.83 bits per heavy atom. The molecule has 9 heteroatoms. The average molecular weight is 411 g/mol. The molecule has 2 amide bonds. The number of rotatable bonds is 3. The van der Waals surface area contributed by atoms with Gasteiger partial charge in [-0.3, -0.25) is 19.4 Å². The first-order valence-electron chi connectivity index (χ1n) is 9.93. The van der Waals surface area contributed by atoms with Gasteiger partial charge in [-0.15, -0.1) is 11.3 Å². The third-order valence-corrected chi connectivity index (χ3v) is 6.55. The molecule has 1 N–H and O–H groups in total. The van der Waals surface area contributed by atoms with Gasteiger partial charge in [-0.25, -0.2) is 0 Å². The SMILES string of the molecule is O=C(c1cc(-c2cccs2)[nH]n1)N1CCN(C(=O)c2cnn3c2CCCC3)CC1. The summed E-state index contributed by atoms with van der Waals surface area (Å²) in [6, 6.07) is 5.76. The molecular formula is C20H22N6O2S. The van der Waals surface area contributed by atoms with Crippen LogP contribution in [-0.2, 0) is 13.0 Å². The van der Waals surface area contributed by atoms with E-state index in [1.165, 1.54) is 0 Å². The Hall–Kier alpha value is -2.94. The maximum Gasteiger partial charge on any atom is 0.274 e. The van der Waals surface area contributed by atoms with Gasteiger partial charge in [-0.05, 0) is 36.8 Å². The molecule has 0 spiro atoms. The number of piperazine rings is 1. The summed E-state index contributed by atoms with van der Waals surface area (Å²) in [6.07, 6.45) is 4.83. The maximum atomic E-state index is 13.0.